The summed E-state index contributed by atoms with van der Waals surface area (Å²) in [5.74, 6) is -0.925. The van der Waals surface area contributed by atoms with Crippen molar-refractivity contribution in [2.75, 3.05) is 0 Å². The van der Waals surface area contributed by atoms with E-state index in [4.69, 9.17) is 9.84 Å². The molecule has 3 rings (SSSR count). The molecule has 2 saturated heterocycles. The van der Waals surface area contributed by atoms with Crippen LogP contribution >= 0.6 is 0 Å². The van der Waals surface area contributed by atoms with Crippen LogP contribution in [-0.2, 0) is 16.1 Å². The average Bonchev–Trinajstić information content (AvgIpc) is 3.08. The van der Waals surface area contributed by atoms with Gasteiger partial charge in [0.15, 0.2) is 0 Å². The van der Waals surface area contributed by atoms with Crippen molar-refractivity contribution >= 4 is 11.9 Å². The molecule has 1 aromatic rings. The minimum absolute atomic E-state index is 0.0213. The van der Waals surface area contributed by atoms with Crippen molar-refractivity contribution in [2.45, 2.75) is 38.0 Å². The lowest BCUT2D eigenvalue weighted by Crippen LogP contribution is -2.35. The Morgan fingerprint density at radius 3 is 2.55 bits per heavy atom. The van der Waals surface area contributed by atoms with Crippen LogP contribution in [0.2, 0.25) is 0 Å². The van der Waals surface area contributed by atoms with Gasteiger partial charge in [-0.15, -0.1) is 0 Å². The minimum Gasteiger partial charge on any atom is -0.478 e. The maximum absolute atomic E-state index is 12.1. The molecular weight excluding hydrogens is 258 g/mol. The second-order valence-corrected chi connectivity index (χ2v) is 5.44. The number of benzene rings is 1. The third-order valence-electron chi connectivity index (χ3n) is 4.11. The lowest BCUT2D eigenvalue weighted by atomic mass is 9.88. The third-order valence-corrected chi connectivity index (χ3v) is 4.11. The van der Waals surface area contributed by atoms with Gasteiger partial charge in [0.1, 0.15) is 0 Å². The van der Waals surface area contributed by atoms with E-state index in [1.54, 1.807) is 24.3 Å². The Morgan fingerprint density at radius 1 is 1.25 bits per heavy atom. The Bertz CT molecular complexity index is 525. The molecule has 0 aromatic heterocycles. The Kier molecular flexibility index (Phi) is 3.44. The SMILES string of the molecule is O=C(O)c1ccc(CNC(=O)C2CC3CCC2O3)cc1. The second kappa shape index (κ2) is 5.25. The quantitative estimate of drug-likeness (QED) is 0.874. The average molecular weight is 275 g/mol. The van der Waals surface area contributed by atoms with Crippen molar-refractivity contribution in [1.29, 1.82) is 0 Å². The van der Waals surface area contributed by atoms with E-state index in [-0.39, 0.29) is 29.6 Å². The standard InChI is InChI=1S/C15H17NO4/c17-14(12-7-11-5-6-13(12)20-11)16-8-9-1-3-10(4-2-9)15(18)19/h1-4,11-13H,5-8H2,(H,16,17)(H,18,19). The van der Waals surface area contributed by atoms with Crippen LogP contribution in [-0.4, -0.2) is 29.2 Å². The van der Waals surface area contributed by atoms with E-state index >= 15 is 0 Å². The van der Waals surface area contributed by atoms with Crippen molar-refractivity contribution < 1.29 is 19.4 Å². The summed E-state index contributed by atoms with van der Waals surface area (Å²) >= 11 is 0. The van der Waals surface area contributed by atoms with E-state index in [1.165, 1.54) is 0 Å². The highest BCUT2D eigenvalue weighted by molar-refractivity contribution is 5.87. The Hall–Kier alpha value is -1.88. The number of carboxylic acids is 1. The molecule has 5 nitrogen and oxygen atoms in total. The number of fused-ring (bicyclic) bond motifs is 2. The zero-order valence-electron chi connectivity index (χ0n) is 11.0. The molecule has 0 spiro atoms. The first-order valence-corrected chi connectivity index (χ1v) is 6.89. The molecule has 2 N–H and O–H groups in total. The highest BCUT2D eigenvalue weighted by atomic mass is 16.5. The summed E-state index contributed by atoms with van der Waals surface area (Å²) in [5.41, 5.74) is 1.15. The molecule has 5 heteroatoms. The normalized spacial score (nSPS) is 27.5. The maximum atomic E-state index is 12.1. The van der Waals surface area contributed by atoms with E-state index in [0.717, 1.165) is 24.8 Å². The van der Waals surface area contributed by atoms with Crippen molar-refractivity contribution in [3.8, 4) is 0 Å². The van der Waals surface area contributed by atoms with Gasteiger partial charge in [-0.1, -0.05) is 12.1 Å². The number of hydrogen-bond donors (Lipinski definition) is 2. The molecule has 1 amide bonds. The summed E-state index contributed by atoms with van der Waals surface area (Å²) in [6.07, 6.45) is 3.25. The second-order valence-electron chi connectivity index (χ2n) is 5.44. The van der Waals surface area contributed by atoms with Crippen molar-refractivity contribution in [2.24, 2.45) is 5.92 Å². The zero-order chi connectivity index (χ0) is 14.1. The molecule has 2 fully saturated rings. The topological polar surface area (TPSA) is 75.6 Å². The molecule has 0 saturated carbocycles. The van der Waals surface area contributed by atoms with Gasteiger partial charge >= 0.3 is 5.97 Å². The molecular formula is C15H17NO4. The Morgan fingerprint density at radius 2 is 2.00 bits per heavy atom. The highest BCUT2D eigenvalue weighted by Crippen LogP contribution is 2.38. The number of hydrogen-bond acceptors (Lipinski definition) is 3. The van der Waals surface area contributed by atoms with E-state index in [2.05, 4.69) is 5.32 Å². The van der Waals surface area contributed by atoms with Gasteiger partial charge in [-0.3, -0.25) is 4.79 Å². The van der Waals surface area contributed by atoms with Gasteiger partial charge in [0.2, 0.25) is 5.91 Å². The fourth-order valence-electron chi connectivity index (χ4n) is 3.00. The molecule has 2 aliphatic heterocycles. The smallest absolute Gasteiger partial charge is 0.335 e. The fourth-order valence-corrected chi connectivity index (χ4v) is 3.00. The highest BCUT2D eigenvalue weighted by Gasteiger charge is 2.44. The first-order valence-electron chi connectivity index (χ1n) is 6.89. The summed E-state index contributed by atoms with van der Waals surface area (Å²) in [6, 6.07) is 6.54. The van der Waals surface area contributed by atoms with Crippen LogP contribution in [0.15, 0.2) is 24.3 Å². The van der Waals surface area contributed by atoms with Gasteiger partial charge in [-0.25, -0.2) is 4.79 Å². The number of nitrogens with one attached hydrogen (secondary N) is 1. The molecule has 1 aromatic carbocycles. The number of carbonyl (C=O) groups is 2. The largest absolute Gasteiger partial charge is 0.478 e. The van der Waals surface area contributed by atoms with E-state index in [1.807, 2.05) is 0 Å². The van der Waals surface area contributed by atoms with E-state index in [9.17, 15) is 9.59 Å². The van der Waals surface area contributed by atoms with Gasteiger partial charge in [0.05, 0.1) is 23.7 Å². The Labute approximate surface area is 116 Å². The predicted octanol–water partition coefficient (Wildman–Crippen LogP) is 1.57. The monoisotopic (exact) mass is 275 g/mol. The van der Waals surface area contributed by atoms with Crippen LogP contribution in [0.4, 0.5) is 0 Å². The minimum atomic E-state index is -0.945. The molecule has 2 aliphatic rings. The van der Waals surface area contributed by atoms with E-state index in [0.29, 0.717) is 6.54 Å². The van der Waals surface area contributed by atoms with Gasteiger partial charge < -0.3 is 15.2 Å². The molecule has 2 bridgehead atoms. The predicted molar refractivity (Wildman–Crippen MR) is 71.3 cm³/mol. The fraction of sp³-hybridized carbons (Fsp3) is 0.467. The zero-order valence-corrected chi connectivity index (χ0v) is 11.0. The van der Waals surface area contributed by atoms with Crippen molar-refractivity contribution in [3.63, 3.8) is 0 Å². The lowest BCUT2D eigenvalue weighted by molar-refractivity contribution is -0.126. The van der Waals surface area contributed by atoms with Gasteiger partial charge in [0.25, 0.3) is 0 Å². The summed E-state index contributed by atoms with van der Waals surface area (Å²) in [5, 5.41) is 11.7. The van der Waals surface area contributed by atoms with Gasteiger partial charge in [-0.2, -0.15) is 0 Å². The van der Waals surface area contributed by atoms with Crippen molar-refractivity contribution in [1.82, 2.24) is 5.32 Å². The number of ether oxygens (including phenoxy) is 1. The number of aromatic carboxylic acids is 1. The van der Waals surface area contributed by atoms with Crippen LogP contribution in [0.5, 0.6) is 0 Å². The van der Waals surface area contributed by atoms with Crippen LogP contribution in [0.3, 0.4) is 0 Å². The maximum Gasteiger partial charge on any atom is 0.335 e. The first-order chi connectivity index (χ1) is 9.63. The number of rotatable bonds is 4. The molecule has 2 heterocycles. The number of amides is 1. The molecule has 20 heavy (non-hydrogen) atoms. The van der Waals surface area contributed by atoms with Gasteiger partial charge in [-0.05, 0) is 37.0 Å². The summed E-state index contributed by atoms with van der Waals surface area (Å²) in [6.45, 7) is 0.423. The van der Waals surface area contributed by atoms with Crippen LogP contribution in [0.1, 0.15) is 35.2 Å². The van der Waals surface area contributed by atoms with Crippen molar-refractivity contribution in [3.05, 3.63) is 35.4 Å². The summed E-state index contributed by atoms with van der Waals surface area (Å²) in [7, 11) is 0. The third kappa shape index (κ3) is 2.54. The lowest BCUT2D eigenvalue weighted by Gasteiger charge is -2.17. The molecule has 0 aliphatic carbocycles. The number of carbonyl (C=O) groups excluding carboxylic acids is 1. The van der Waals surface area contributed by atoms with Crippen LogP contribution in [0, 0.1) is 5.92 Å². The van der Waals surface area contributed by atoms with Crippen LogP contribution < -0.4 is 5.32 Å². The summed E-state index contributed by atoms with van der Waals surface area (Å²) < 4.78 is 5.67. The van der Waals surface area contributed by atoms with Gasteiger partial charge in [0, 0.05) is 6.54 Å². The molecule has 3 atom stereocenters. The molecule has 0 radical (unpaired) electrons. The number of carboxylic acid groups (broad SMARTS) is 1. The molecule has 106 valence electrons. The Balaban J connectivity index is 1.54. The summed E-state index contributed by atoms with van der Waals surface area (Å²) in [4.78, 5) is 22.8. The van der Waals surface area contributed by atoms with Crippen LogP contribution in [0.25, 0.3) is 0 Å². The molecule has 3 unspecified atom stereocenters. The first kappa shape index (κ1) is 13.1. The van der Waals surface area contributed by atoms with E-state index < -0.39 is 5.97 Å².